The molecule has 1 fully saturated rings. The second-order valence-corrected chi connectivity index (χ2v) is 11.1. The van der Waals surface area contributed by atoms with Crippen LogP contribution in [0, 0.1) is 11.7 Å². The molecule has 1 aliphatic rings. The van der Waals surface area contributed by atoms with Gasteiger partial charge in [-0.2, -0.15) is 0 Å². The van der Waals surface area contributed by atoms with E-state index >= 15 is 0 Å². The van der Waals surface area contributed by atoms with E-state index in [1.807, 2.05) is 38.1 Å². The summed E-state index contributed by atoms with van der Waals surface area (Å²) in [7, 11) is 0.115. The van der Waals surface area contributed by atoms with Crippen LogP contribution in [-0.2, 0) is 14.8 Å². The fourth-order valence-corrected chi connectivity index (χ4v) is 5.78. The highest BCUT2D eigenvalue weighted by Gasteiger charge is 2.30. The number of rotatable bonds is 7. The molecule has 186 valence electrons. The molecular formula is C26H31FN4O3S. The molecule has 4 rings (SSSR count). The van der Waals surface area contributed by atoms with Crippen LogP contribution in [0.15, 0.2) is 59.5 Å². The molecule has 1 heterocycles. The van der Waals surface area contributed by atoms with E-state index in [9.17, 15) is 17.6 Å². The minimum absolute atomic E-state index is 0.0535. The van der Waals surface area contributed by atoms with Gasteiger partial charge >= 0.3 is 0 Å². The number of benzene rings is 2. The van der Waals surface area contributed by atoms with Gasteiger partial charge in [-0.25, -0.2) is 22.5 Å². The molecule has 1 amide bonds. The predicted octanol–water partition coefficient (Wildman–Crippen LogP) is 4.15. The fourth-order valence-electron chi connectivity index (χ4n) is 4.44. The number of aromatic nitrogens is 1. The summed E-state index contributed by atoms with van der Waals surface area (Å²) < 4.78 is 42.0. The standard InChI is InChI=1S/C26H31FN4O3S/c1-17(18-4-9-21(27)10-5-18)28-26(32)19-6-11-22(12-7-19)30-35(33,34)23-13-14-24-20(16-23)8-15-25(29-24)31(2)3/h4-5,8-10,13-17,19,22,30H,6-7,11-12H2,1-3H3,(H,28,32)/t17-,19?,22?/m1/s1. The van der Waals surface area contributed by atoms with Gasteiger partial charge in [-0.1, -0.05) is 12.1 Å². The molecule has 2 N–H and O–H groups in total. The Kier molecular flexibility index (Phi) is 7.37. The van der Waals surface area contributed by atoms with Crippen molar-refractivity contribution in [3.63, 3.8) is 0 Å². The third-order valence-corrected chi connectivity index (χ3v) is 8.08. The van der Waals surface area contributed by atoms with Crippen molar-refractivity contribution < 1.29 is 17.6 Å². The molecule has 0 spiro atoms. The van der Waals surface area contributed by atoms with Crippen molar-refractivity contribution in [2.75, 3.05) is 19.0 Å². The number of fused-ring (bicyclic) bond motifs is 1. The maximum atomic E-state index is 13.1. The van der Waals surface area contributed by atoms with Gasteiger partial charge in [0.1, 0.15) is 11.6 Å². The van der Waals surface area contributed by atoms with Crippen LogP contribution in [0.5, 0.6) is 0 Å². The highest BCUT2D eigenvalue weighted by molar-refractivity contribution is 7.89. The molecule has 0 radical (unpaired) electrons. The molecule has 9 heteroatoms. The zero-order valence-electron chi connectivity index (χ0n) is 20.2. The van der Waals surface area contributed by atoms with Crippen LogP contribution in [0.3, 0.4) is 0 Å². The summed E-state index contributed by atoms with van der Waals surface area (Å²) in [5.41, 5.74) is 1.57. The van der Waals surface area contributed by atoms with Gasteiger partial charge in [0, 0.05) is 31.4 Å². The molecule has 0 bridgehead atoms. The molecular weight excluding hydrogens is 467 g/mol. The highest BCUT2D eigenvalue weighted by Crippen LogP contribution is 2.27. The average molecular weight is 499 g/mol. The monoisotopic (exact) mass is 498 g/mol. The quantitative estimate of drug-likeness (QED) is 0.511. The lowest BCUT2D eigenvalue weighted by atomic mass is 9.85. The number of carbonyl (C=O) groups is 1. The largest absolute Gasteiger partial charge is 0.363 e. The lowest BCUT2D eigenvalue weighted by Crippen LogP contribution is -2.41. The number of hydrogen-bond donors (Lipinski definition) is 2. The SMILES string of the molecule is C[C@@H](NC(=O)C1CCC(NS(=O)(=O)c2ccc3nc(N(C)C)ccc3c2)CC1)c1ccc(F)cc1. The zero-order valence-corrected chi connectivity index (χ0v) is 21.0. The summed E-state index contributed by atoms with van der Waals surface area (Å²) in [6.45, 7) is 1.87. The van der Waals surface area contributed by atoms with Crippen molar-refractivity contribution in [2.24, 2.45) is 5.92 Å². The van der Waals surface area contributed by atoms with E-state index < -0.39 is 10.0 Å². The highest BCUT2D eigenvalue weighted by atomic mass is 32.2. The first-order valence-electron chi connectivity index (χ1n) is 11.8. The van der Waals surface area contributed by atoms with Gasteiger partial charge in [0.25, 0.3) is 0 Å². The van der Waals surface area contributed by atoms with Crippen molar-refractivity contribution in [1.29, 1.82) is 0 Å². The van der Waals surface area contributed by atoms with Gasteiger partial charge in [-0.05, 0) is 80.6 Å². The minimum Gasteiger partial charge on any atom is -0.363 e. The normalized spacial score (nSPS) is 19.3. The molecule has 3 aromatic rings. The Morgan fingerprint density at radius 2 is 1.71 bits per heavy atom. The van der Waals surface area contributed by atoms with Crippen LogP contribution >= 0.6 is 0 Å². The van der Waals surface area contributed by atoms with Crippen molar-refractivity contribution >= 4 is 32.7 Å². The summed E-state index contributed by atoms with van der Waals surface area (Å²) in [5, 5.41) is 3.75. The van der Waals surface area contributed by atoms with Crippen LogP contribution in [0.4, 0.5) is 10.2 Å². The Labute approximate surface area is 205 Å². The molecule has 1 aromatic heterocycles. The molecule has 1 aliphatic carbocycles. The van der Waals surface area contributed by atoms with Crippen molar-refractivity contribution in [3.05, 3.63) is 66.0 Å². The summed E-state index contributed by atoms with van der Waals surface area (Å²) in [6.07, 6.45) is 2.38. The van der Waals surface area contributed by atoms with Crippen molar-refractivity contribution in [1.82, 2.24) is 15.0 Å². The van der Waals surface area contributed by atoms with E-state index in [2.05, 4.69) is 15.0 Å². The molecule has 1 atom stereocenters. The lowest BCUT2D eigenvalue weighted by molar-refractivity contribution is -0.126. The van der Waals surface area contributed by atoms with Crippen LogP contribution in [0.1, 0.15) is 44.2 Å². The molecule has 35 heavy (non-hydrogen) atoms. The Bertz CT molecular complexity index is 1300. The second-order valence-electron chi connectivity index (χ2n) is 9.37. The van der Waals surface area contributed by atoms with Gasteiger partial charge in [-0.15, -0.1) is 0 Å². The van der Waals surface area contributed by atoms with Crippen LogP contribution < -0.4 is 14.9 Å². The summed E-state index contributed by atoms with van der Waals surface area (Å²) in [5.74, 6) is 0.268. The molecule has 2 aromatic carbocycles. The topological polar surface area (TPSA) is 91.4 Å². The van der Waals surface area contributed by atoms with E-state index in [-0.39, 0.29) is 34.6 Å². The van der Waals surface area contributed by atoms with Crippen molar-refractivity contribution in [2.45, 2.75) is 49.6 Å². The average Bonchev–Trinajstić information content (AvgIpc) is 2.83. The first kappa shape index (κ1) is 25.1. The van der Waals surface area contributed by atoms with Gasteiger partial charge in [0.15, 0.2) is 0 Å². The third kappa shape index (κ3) is 5.97. The van der Waals surface area contributed by atoms with Crippen LogP contribution in [-0.4, -0.2) is 39.4 Å². The molecule has 1 saturated carbocycles. The number of amides is 1. The predicted molar refractivity (Wildman–Crippen MR) is 135 cm³/mol. The number of carbonyl (C=O) groups excluding carboxylic acids is 1. The van der Waals surface area contributed by atoms with Crippen molar-refractivity contribution in [3.8, 4) is 0 Å². The number of halogens is 1. The van der Waals surface area contributed by atoms with E-state index in [0.29, 0.717) is 25.7 Å². The van der Waals surface area contributed by atoms with E-state index in [1.54, 1.807) is 30.3 Å². The van der Waals surface area contributed by atoms with Gasteiger partial charge in [0.05, 0.1) is 16.5 Å². The maximum Gasteiger partial charge on any atom is 0.240 e. The number of nitrogens with zero attached hydrogens (tertiary/aromatic N) is 2. The summed E-state index contributed by atoms with van der Waals surface area (Å²) >= 11 is 0. The molecule has 0 unspecified atom stereocenters. The maximum absolute atomic E-state index is 13.1. The minimum atomic E-state index is -3.69. The smallest absolute Gasteiger partial charge is 0.240 e. The lowest BCUT2D eigenvalue weighted by Gasteiger charge is -2.29. The van der Waals surface area contributed by atoms with Crippen LogP contribution in [0.2, 0.25) is 0 Å². The Morgan fingerprint density at radius 3 is 2.37 bits per heavy atom. The summed E-state index contributed by atoms with van der Waals surface area (Å²) in [4.78, 5) is 19.4. The zero-order chi connectivity index (χ0) is 25.2. The summed E-state index contributed by atoms with van der Waals surface area (Å²) in [6, 6.07) is 14.3. The third-order valence-electron chi connectivity index (χ3n) is 6.56. The van der Waals surface area contributed by atoms with Gasteiger partial charge < -0.3 is 10.2 Å². The second kappa shape index (κ2) is 10.3. The van der Waals surface area contributed by atoms with Gasteiger partial charge in [0.2, 0.25) is 15.9 Å². The van der Waals surface area contributed by atoms with E-state index in [1.165, 1.54) is 12.1 Å². The number of hydrogen-bond acceptors (Lipinski definition) is 5. The van der Waals surface area contributed by atoms with Crippen LogP contribution in [0.25, 0.3) is 10.9 Å². The molecule has 0 aliphatic heterocycles. The number of anilines is 1. The Hall–Kier alpha value is -3.04. The number of sulfonamides is 1. The Morgan fingerprint density at radius 1 is 1.03 bits per heavy atom. The van der Waals surface area contributed by atoms with Gasteiger partial charge in [-0.3, -0.25) is 4.79 Å². The molecule has 0 saturated heterocycles. The number of nitrogens with one attached hydrogen (secondary N) is 2. The van der Waals surface area contributed by atoms with E-state index in [4.69, 9.17) is 0 Å². The fraction of sp³-hybridized carbons (Fsp3) is 0.385. The number of pyridine rings is 1. The molecule has 7 nitrogen and oxygen atoms in total. The first-order valence-corrected chi connectivity index (χ1v) is 13.3. The van der Waals surface area contributed by atoms with E-state index in [0.717, 1.165) is 22.3 Å². The Balaban J connectivity index is 1.34. The first-order chi connectivity index (χ1) is 16.6.